The number of hydrogen-bond acceptors (Lipinski definition) is 2. The summed E-state index contributed by atoms with van der Waals surface area (Å²) in [6.07, 6.45) is 1.89. The van der Waals surface area contributed by atoms with Crippen LogP contribution in [0.15, 0.2) is 22.8 Å². The zero-order valence-corrected chi connectivity index (χ0v) is 10.7. The van der Waals surface area contributed by atoms with E-state index in [4.69, 9.17) is 4.74 Å². The molecule has 0 spiro atoms. The van der Waals surface area contributed by atoms with Gasteiger partial charge in [-0.25, -0.2) is 4.79 Å². The molecule has 1 aromatic carbocycles. The van der Waals surface area contributed by atoms with E-state index in [-0.39, 0.29) is 5.97 Å². The molecule has 84 valence electrons. The summed E-state index contributed by atoms with van der Waals surface area (Å²) in [6, 6.07) is 3.74. The van der Waals surface area contributed by atoms with Crippen molar-refractivity contribution in [1.82, 2.24) is 4.98 Å². The van der Waals surface area contributed by atoms with Gasteiger partial charge in [0.2, 0.25) is 0 Å². The van der Waals surface area contributed by atoms with Crippen LogP contribution in [0.3, 0.4) is 0 Å². The first-order valence-electron chi connectivity index (χ1n) is 5.08. The first-order valence-corrected chi connectivity index (χ1v) is 5.87. The molecular formula is C12H12BrNO2. The molecule has 0 atom stereocenters. The van der Waals surface area contributed by atoms with Gasteiger partial charge in [0.05, 0.1) is 12.2 Å². The number of esters is 1. The number of aryl methyl sites for hydroxylation is 1. The molecule has 0 bridgehead atoms. The smallest absolute Gasteiger partial charge is 0.338 e. The van der Waals surface area contributed by atoms with Crippen molar-refractivity contribution >= 4 is 32.8 Å². The van der Waals surface area contributed by atoms with Crippen molar-refractivity contribution < 1.29 is 9.53 Å². The number of aromatic nitrogens is 1. The number of carbonyl (C=O) groups excluding carboxylic acids is 1. The van der Waals surface area contributed by atoms with Crippen LogP contribution >= 0.6 is 15.9 Å². The van der Waals surface area contributed by atoms with E-state index >= 15 is 0 Å². The Morgan fingerprint density at radius 2 is 2.25 bits per heavy atom. The molecule has 3 nitrogen and oxygen atoms in total. The van der Waals surface area contributed by atoms with Crippen LogP contribution in [0.5, 0.6) is 0 Å². The Morgan fingerprint density at radius 3 is 2.94 bits per heavy atom. The molecule has 0 aliphatic heterocycles. The molecule has 0 saturated heterocycles. The summed E-state index contributed by atoms with van der Waals surface area (Å²) in [5.41, 5.74) is 2.59. The molecule has 1 heterocycles. The standard InChI is InChI=1S/C12H12BrNO2/c1-3-16-12(15)9-4-8(13)5-10-11(9)7(2)6-14-10/h4-6,14H,3H2,1-2H3. The number of aromatic amines is 1. The lowest BCUT2D eigenvalue weighted by atomic mass is 10.1. The molecule has 2 aromatic rings. The van der Waals surface area contributed by atoms with Crippen LogP contribution in [0.25, 0.3) is 10.9 Å². The number of carbonyl (C=O) groups is 1. The minimum Gasteiger partial charge on any atom is -0.462 e. The zero-order valence-electron chi connectivity index (χ0n) is 9.13. The first kappa shape index (κ1) is 11.2. The second-order valence-electron chi connectivity index (χ2n) is 3.57. The Balaban J connectivity index is 2.66. The van der Waals surface area contributed by atoms with Gasteiger partial charge >= 0.3 is 5.97 Å². The number of halogens is 1. The van der Waals surface area contributed by atoms with Crippen LogP contribution in [-0.2, 0) is 4.74 Å². The van der Waals surface area contributed by atoms with Crippen LogP contribution in [-0.4, -0.2) is 17.6 Å². The van der Waals surface area contributed by atoms with E-state index in [1.165, 1.54) is 0 Å². The second-order valence-corrected chi connectivity index (χ2v) is 4.48. The third kappa shape index (κ3) is 1.85. The lowest BCUT2D eigenvalue weighted by Crippen LogP contribution is -2.05. The predicted octanol–water partition coefficient (Wildman–Crippen LogP) is 3.42. The van der Waals surface area contributed by atoms with E-state index in [2.05, 4.69) is 20.9 Å². The molecule has 16 heavy (non-hydrogen) atoms. The van der Waals surface area contributed by atoms with Gasteiger partial charge < -0.3 is 9.72 Å². The van der Waals surface area contributed by atoms with Crippen LogP contribution in [0, 0.1) is 6.92 Å². The van der Waals surface area contributed by atoms with Gasteiger partial charge in [-0.05, 0) is 31.5 Å². The highest BCUT2D eigenvalue weighted by Gasteiger charge is 2.14. The first-order chi connectivity index (χ1) is 7.63. The summed E-state index contributed by atoms with van der Waals surface area (Å²) in [6.45, 7) is 4.16. The third-order valence-corrected chi connectivity index (χ3v) is 2.89. The van der Waals surface area contributed by atoms with E-state index in [0.717, 1.165) is 20.9 Å². The molecule has 0 aliphatic carbocycles. The van der Waals surface area contributed by atoms with Gasteiger partial charge in [-0.1, -0.05) is 15.9 Å². The van der Waals surface area contributed by atoms with Crippen molar-refractivity contribution in [2.45, 2.75) is 13.8 Å². The van der Waals surface area contributed by atoms with Gasteiger partial charge in [0.1, 0.15) is 0 Å². The van der Waals surface area contributed by atoms with Crippen LogP contribution in [0.1, 0.15) is 22.8 Å². The maximum absolute atomic E-state index is 11.8. The normalized spacial score (nSPS) is 10.7. The molecule has 0 saturated carbocycles. The average Bonchev–Trinajstić information content (AvgIpc) is 2.59. The number of fused-ring (bicyclic) bond motifs is 1. The zero-order chi connectivity index (χ0) is 11.7. The highest BCUT2D eigenvalue weighted by Crippen LogP contribution is 2.27. The molecule has 4 heteroatoms. The van der Waals surface area contributed by atoms with E-state index in [9.17, 15) is 4.79 Å². The quantitative estimate of drug-likeness (QED) is 0.857. The Labute approximate surface area is 102 Å². The maximum atomic E-state index is 11.8. The lowest BCUT2D eigenvalue weighted by Gasteiger charge is -2.05. The minimum atomic E-state index is -0.281. The molecule has 2 rings (SSSR count). The van der Waals surface area contributed by atoms with Gasteiger partial charge in [-0.2, -0.15) is 0 Å². The molecular weight excluding hydrogens is 270 g/mol. The number of nitrogens with one attached hydrogen (secondary N) is 1. The van der Waals surface area contributed by atoms with E-state index in [1.54, 1.807) is 13.0 Å². The summed E-state index contributed by atoms with van der Waals surface area (Å²) in [5.74, 6) is -0.281. The lowest BCUT2D eigenvalue weighted by molar-refractivity contribution is 0.0528. The van der Waals surface area contributed by atoms with Gasteiger partial charge in [0.25, 0.3) is 0 Å². The average molecular weight is 282 g/mol. The molecule has 0 radical (unpaired) electrons. The predicted molar refractivity (Wildman–Crippen MR) is 66.7 cm³/mol. The van der Waals surface area contributed by atoms with Gasteiger partial charge in [-0.3, -0.25) is 0 Å². The van der Waals surface area contributed by atoms with E-state index < -0.39 is 0 Å². The Bertz CT molecular complexity index is 545. The Morgan fingerprint density at radius 1 is 1.50 bits per heavy atom. The SMILES string of the molecule is CCOC(=O)c1cc(Br)cc2[nH]cc(C)c12. The Kier molecular flexibility index (Phi) is 3.01. The van der Waals surface area contributed by atoms with Crippen LogP contribution in [0.4, 0.5) is 0 Å². The Hall–Kier alpha value is -1.29. The summed E-state index contributed by atoms with van der Waals surface area (Å²) in [7, 11) is 0. The summed E-state index contributed by atoms with van der Waals surface area (Å²) in [5, 5.41) is 0.932. The molecule has 1 aromatic heterocycles. The number of benzene rings is 1. The van der Waals surface area contributed by atoms with Gasteiger partial charge in [0.15, 0.2) is 0 Å². The highest BCUT2D eigenvalue weighted by atomic mass is 79.9. The largest absolute Gasteiger partial charge is 0.462 e. The molecule has 0 aliphatic rings. The van der Waals surface area contributed by atoms with E-state index in [0.29, 0.717) is 12.2 Å². The molecule has 1 N–H and O–H groups in total. The van der Waals surface area contributed by atoms with Crippen LogP contribution in [0.2, 0.25) is 0 Å². The maximum Gasteiger partial charge on any atom is 0.338 e. The van der Waals surface area contributed by atoms with Crippen LogP contribution < -0.4 is 0 Å². The fourth-order valence-corrected chi connectivity index (χ4v) is 2.23. The minimum absolute atomic E-state index is 0.281. The van der Waals surface area contributed by atoms with Gasteiger partial charge in [-0.15, -0.1) is 0 Å². The topological polar surface area (TPSA) is 42.1 Å². The fraction of sp³-hybridized carbons (Fsp3) is 0.250. The number of hydrogen-bond donors (Lipinski definition) is 1. The van der Waals surface area contributed by atoms with Crippen molar-refractivity contribution in [2.24, 2.45) is 0 Å². The van der Waals surface area contributed by atoms with Gasteiger partial charge in [0, 0.05) is 21.6 Å². The summed E-state index contributed by atoms with van der Waals surface area (Å²) < 4.78 is 5.91. The monoisotopic (exact) mass is 281 g/mol. The summed E-state index contributed by atoms with van der Waals surface area (Å²) in [4.78, 5) is 14.9. The highest BCUT2D eigenvalue weighted by molar-refractivity contribution is 9.10. The van der Waals surface area contributed by atoms with E-state index in [1.807, 2.05) is 19.2 Å². The number of H-pyrrole nitrogens is 1. The van der Waals surface area contributed by atoms with Crippen molar-refractivity contribution in [1.29, 1.82) is 0 Å². The second kappa shape index (κ2) is 4.29. The number of ether oxygens (including phenoxy) is 1. The fourth-order valence-electron chi connectivity index (χ4n) is 1.77. The molecule has 0 fully saturated rings. The molecule has 0 amide bonds. The van der Waals surface area contributed by atoms with Crippen molar-refractivity contribution in [2.75, 3.05) is 6.61 Å². The molecule has 0 unspecified atom stereocenters. The summed E-state index contributed by atoms with van der Waals surface area (Å²) >= 11 is 3.38. The number of rotatable bonds is 2. The van der Waals surface area contributed by atoms with Crippen molar-refractivity contribution in [3.8, 4) is 0 Å². The van der Waals surface area contributed by atoms with Crippen molar-refractivity contribution in [3.63, 3.8) is 0 Å². The third-order valence-electron chi connectivity index (χ3n) is 2.44. The van der Waals surface area contributed by atoms with Crippen molar-refractivity contribution in [3.05, 3.63) is 33.9 Å².